The molecule has 0 amide bonds. The smallest absolute Gasteiger partial charge is 0.328 e. The SMILES string of the molecule is Cc1cc(F)cc(CN(C)C)c1/C=C/C(=O)O. The molecule has 1 N–H and O–H groups in total. The maximum Gasteiger partial charge on any atom is 0.328 e. The molecule has 0 aliphatic rings. The summed E-state index contributed by atoms with van der Waals surface area (Å²) in [6.07, 6.45) is 2.58. The molecule has 0 bridgehead atoms. The van der Waals surface area contributed by atoms with Crippen LogP contribution in [0.5, 0.6) is 0 Å². The van der Waals surface area contributed by atoms with Crippen LogP contribution in [0.3, 0.4) is 0 Å². The molecule has 0 radical (unpaired) electrons. The summed E-state index contributed by atoms with van der Waals surface area (Å²) in [7, 11) is 3.76. The molecular weight excluding hydrogens is 221 g/mol. The van der Waals surface area contributed by atoms with E-state index >= 15 is 0 Å². The molecule has 17 heavy (non-hydrogen) atoms. The number of halogens is 1. The van der Waals surface area contributed by atoms with E-state index in [1.54, 1.807) is 6.92 Å². The highest BCUT2D eigenvalue weighted by atomic mass is 19.1. The molecule has 0 saturated heterocycles. The average Bonchev–Trinajstić information content (AvgIpc) is 2.14. The van der Waals surface area contributed by atoms with Crippen molar-refractivity contribution in [1.82, 2.24) is 4.90 Å². The van der Waals surface area contributed by atoms with Crippen molar-refractivity contribution in [3.63, 3.8) is 0 Å². The molecule has 0 saturated carbocycles. The second kappa shape index (κ2) is 5.59. The Balaban J connectivity index is 3.20. The third-order valence-corrected chi connectivity index (χ3v) is 2.32. The van der Waals surface area contributed by atoms with E-state index in [-0.39, 0.29) is 5.82 Å². The van der Waals surface area contributed by atoms with Gasteiger partial charge in [0.25, 0.3) is 0 Å². The quantitative estimate of drug-likeness (QED) is 0.817. The Kier molecular flexibility index (Phi) is 4.40. The molecule has 0 aliphatic carbocycles. The molecule has 0 unspecified atom stereocenters. The van der Waals surface area contributed by atoms with Gasteiger partial charge in [-0.05, 0) is 55.9 Å². The van der Waals surface area contributed by atoms with E-state index < -0.39 is 5.97 Å². The van der Waals surface area contributed by atoms with Gasteiger partial charge in [0.2, 0.25) is 0 Å². The Morgan fingerprint density at radius 2 is 2.12 bits per heavy atom. The van der Waals surface area contributed by atoms with Crippen molar-refractivity contribution >= 4 is 12.0 Å². The first-order valence-electron chi connectivity index (χ1n) is 5.25. The highest BCUT2D eigenvalue weighted by molar-refractivity contribution is 5.85. The number of aliphatic carboxylic acids is 1. The predicted molar refractivity (Wildman–Crippen MR) is 65.2 cm³/mol. The summed E-state index contributed by atoms with van der Waals surface area (Å²) < 4.78 is 13.3. The summed E-state index contributed by atoms with van der Waals surface area (Å²) in [6.45, 7) is 2.33. The van der Waals surface area contributed by atoms with E-state index in [4.69, 9.17) is 5.11 Å². The van der Waals surface area contributed by atoms with Gasteiger partial charge in [0.1, 0.15) is 5.82 Å². The summed E-state index contributed by atoms with van der Waals surface area (Å²) in [5.41, 5.74) is 2.28. The minimum atomic E-state index is -1.01. The lowest BCUT2D eigenvalue weighted by atomic mass is 10.0. The van der Waals surface area contributed by atoms with Crippen LogP contribution in [0.4, 0.5) is 4.39 Å². The zero-order chi connectivity index (χ0) is 13.0. The summed E-state index contributed by atoms with van der Waals surface area (Å²) in [6, 6.07) is 2.84. The van der Waals surface area contributed by atoms with Gasteiger partial charge in [-0.15, -0.1) is 0 Å². The molecule has 1 aromatic rings. The third-order valence-electron chi connectivity index (χ3n) is 2.32. The Labute approximate surface area is 100 Å². The molecule has 0 atom stereocenters. The minimum absolute atomic E-state index is 0.299. The van der Waals surface area contributed by atoms with Crippen LogP contribution in [0, 0.1) is 12.7 Å². The van der Waals surface area contributed by atoms with Gasteiger partial charge in [0, 0.05) is 12.6 Å². The topological polar surface area (TPSA) is 40.5 Å². The van der Waals surface area contributed by atoms with Crippen LogP contribution in [0.2, 0.25) is 0 Å². The van der Waals surface area contributed by atoms with Gasteiger partial charge in [0.15, 0.2) is 0 Å². The van der Waals surface area contributed by atoms with Gasteiger partial charge < -0.3 is 10.0 Å². The van der Waals surface area contributed by atoms with E-state index in [1.165, 1.54) is 18.2 Å². The summed E-state index contributed by atoms with van der Waals surface area (Å²) in [5, 5.41) is 8.62. The number of aryl methyl sites for hydroxylation is 1. The van der Waals surface area contributed by atoms with Crippen LogP contribution in [0.25, 0.3) is 6.08 Å². The van der Waals surface area contributed by atoms with Crippen molar-refractivity contribution in [2.24, 2.45) is 0 Å². The first-order valence-corrected chi connectivity index (χ1v) is 5.25. The fourth-order valence-electron chi connectivity index (χ4n) is 1.69. The number of carbonyl (C=O) groups is 1. The molecule has 3 nitrogen and oxygen atoms in total. The Morgan fingerprint density at radius 3 is 2.65 bits per heavy atom. The number of nitrogens with zero attached hydrogens (tertiary/aromatic N) is 1. The molecule has 0 aliphatic heterocycles. The summed E-state index contributed by atoms with van der Waals surface area (Å²) >= 11 is 0. The molecule has 1 aromatic carbocycles. The zero-order valence-electron chi connectivity index (χ0n) is 10.2. The molecule has 0 fully saturated rings. The van der Waals surface area contributed by atoms with Crippen LogP contribution < -0.4 is 0 Å². The maximum atomic E-state index is 13.3. The monoisotopic (exact) mass is 237 g/mol. The molecule has 1 rings (SSSR count). The molecule has 0 aromatic heterocycles. The first-order chi connectivity index (χ1) is 7.90. The van der Waals surface area contributed by atoms with E-state index in [0.29, 0.717) is 6.54 Å². The molecule has 92 valence electrons. The lowest BCUT2D eigenvalue weighted by Crippen LogP contribution is -2.12. The largest absolute Gasteiger partial charge is 0.478 e. The fourth-order valence-corrected chi connectivity index (χ4v) is 1.69. The van der Waals surface area contributed by atoms with Crippen molar-refractivity contribution < 1.29 is 14.3 Å². The molecule has 4 heteroatoms. The highest BCUT2D eigenvalue weighted by Gasteiger charge is 2.07. The van der Waals surface area contributed by atoms with Gasteiger partial charge in [-0.1, -0.05) is 0 Å². The lowest BCUT2D eigenvalue weighted by Gasteiger charge is -2.14. The van der Waals surface area contributed by atoms with E-state index in [1.807, 2.05) is 19.0 Å². The van der Waals surface area contributed by atoms with Crippen molar-refractivity contribution in [2.45, 2.75) is 13.5 Å². The predicted octanol–water partition coefficient (Wildman–Crippen LogP) is 2.29. The van der Waals surface area contributed by atoms with Crippen LogP contribution in [-0.2, 0) is 11.3 Å². The van der Waals surface area contributed by atoms with E-state index in [2.05, 4.69) is 0 Å². The number of benzene rings is 1. The fraction of sp³-hybridized carbons (Fsp3) is 0.308. The zero-order valence-corrected chi connectivity index (χ0v) is 10.2. The second-order valence-corrected chi connectivity index (χ2v) is 4.20. The number of carboxylic acid groups (broad SMARTS) is 1. The van der Waals surface area contributed by atoms with Gasteiger partial charge in [-0.25, -0.2) is 9.18 Å². The maximum absolute atomic E-state index is 13.3. The Hall–Kier alpha value is -1.68. The standard InChI is InChI=1S/C13H16FNO2/c1-9-6-11(14)7-10(8-15(2)3)12(9)4-5-13(16)17/h4-7H,8H2,1-3H3,(H,16,17)/b5-4+. The highest BCUT2D eigenvalue weighted by Crippen LogP contribution is 2.19. The van der Waals surface area contributed by atoms with E-state index in [0.717, 1.165) is 22.8 Å². The normalized spacial score (nSPS) is 11.4. The second-order valence-electron chi connectivity index (χ2n) is 4.20. The summed E-state index contributed by atoms with van der Waals surface area (Å²) in [4.78, 5) is 12.4. The first kappa shape index (κ1) is 13.4. The van der Waals surface area contributed by atoms with Crippen LogP contribution in [-0.4, -0.2) is 30.1 Å². The molecule has 0 heterocycles. The third kappa shape index (κ3) is 4.00. The molecular formula is C13H16FNO2. The number of hydrogen-bond donors (Lipinski definition) is 1. The number of hydrogen-bond acceptors (Lipinski definition) is 2. The van der Waals surface area contributed by atoms with Crippen LogP contribution in [0.1, 0.15) is 16.7 Å². The Morgan fingerprint density at radius 1 is 1.47 bits per heavy atom. The number of carboxylic acids is 1. The average molecular weight is 237 g/mol. The summed E-state index contributed by atoms with van der Waals surface area (Å²) in [5.74, 6) is -1.31. The molecule has 0 spiro atoms. The van der Waals surface area contributed by atoms with Crippen molar-refractivity contribution in [2.75, 3.05) is 14.1 Å². The lowest BCUT2D eigenvalue weighted by molar-refractivity contribution is -0.131. The van der Waals surface area contributed by atoms with Gasteiger partial charge >= 0.3 is 5.97 Å². The van der Waals surface area contributed by atoms with Gasteiger partial charge in [-0.3, -0.25) is 0 Å². The van der Waals surface area contributed by atoms with Crippen LogP contribution in [0.15, 0.2) is 18.2 Å². The van der Waals surface area contributed by atoms with Gasteiger partial charge in [0.05, 0.1) is 0 Å². The minimum Gasteiger partial charge on any atom is -0.478 e. The van der Waals surface area contributed by atoms with E-state index in [9.17, 15) is 9.18 Å². The Bertz CT molecular complexity index is 453. The van der Waals surface area contributed by atoms with Crippen molar-refractivity contribution in [1.29, 1.82) is 0 Å². The van der Waals surface area contributed by atoms with Crippen LogP contribution >= 0.6 is 0 Å². The van der Waals surface area contributed by atoms with Crippen molar-refractivity contribution in [3.8, 4) is 0 Å². The number of rotatable bonds is 4. The van der Waals surface area contributed by atoms with Crippen molar-refractivity contribution in [3.05, 3.63) is 40.7 Å². The van der Waals surface area contributed by atoms with Gasteiger partial charge in [-0.2, -0.15) is 0 Å².